The third-order valence-corrected chi connectivity index (χ3v) is 4.65. The van der Waals surface area contributed by atoms with Crippen molar-refractivity contribution in [1.29, 1.82) is 0 Å². The van der Waals surface area contributed by atoms with Crippen LogP contribution in [0.5, 0.6) is 0 Å². The molecule has 1 aliphatic rings. The lowest BCUT2D eigenvalue weighted by Gasteiger charge is -2.14. The van der Waals surface area contributed by atoms with E-state index in [2.05, 4.69) is 81.2 Å². The largest absolute Gasteiger partial charge is 0.313 e. The van der Waals surface area contributed by atoms with Gasteiger partial charge in [0.25, 0.3) is 0 Å². The van der Waals surface area contributed by atoms with E-state index in [0.717, 1.165) is 12.8 Å². The van der Waals surface area contributed by atoms with Gasteiger partial charge in [-0.15, -0.1) is 0 Å². The van der Waals surface area contributed by atoms with Gasteiger partial charge < -0.3 is 4.57 Å². The van der Waals surface area contributed by atoms with Crippen LogP contribution in [0.4, 0.5) is 0 Å². The normalized spacial score (nSPS) is 14.2. The summed E-state index contributed by atoms with van der Waals surface area (Å²) in [6.07, 6.45) is 4.47. The standard InChI is InChI=1S/C18H14BrN/c19-15-10-6-12-17-18(15)14-9-4-5-11-16(14)20(17)13-7-2-1-3-8-13/h1-5,7-11H,6,12H2. The van der Waals surface area contributed by atoms with Gasteiger partial charge in [0.05, 0.1) is 5.52 Å². The average Bonchev–Trinajstić information content (AvgIpc) is 2.84. The number of halogens is 1. The molecule has 0 bridgehead atoms. The smallest absolute Gasteiger partial charge is 0.0538 e. The number of benzene rings is 2. The minimum Gasteiger partial charge on any atom is -0.313 e. The summed E-state index contributed by atoms with van der Waals surface area (Å²) in [6.45, 7) is 0. The first-order valence-corrected chi connectivity index (χ1v) is 7.69. The number of allylic oxidation sites excluding steroid dienone is 1. The molecule has 0 atom stereocenters. The third-order valence-electron chi connectivity index (χ3n) is 3.93. The molecule has 0 radical (unpaired) electrons. The number of hydrogen-bond donors (Lipinski definition) is 0. The van der Waals surface area contributed by atoms with Crippen molar-refractivity contribution >= 4 is 31.3 Å². The van der Waals surface area contributed by atoms with Crippen LogP contribution in [-0.4, -0.2) is 4.57 Å². The van der Waals surface area contributed by atoms with Crippen LogP contribution in [0.15, 0.2) is 60.7 Å². The quantitative estimate of drug-likeness (QED) is 0.571. The number of nitrogens with zero attached hydrogens (tertiary/aromatic N) is 1. The van der Waals surface area contributed by atoms with Crippen molar-refractivity contribution in [2.45, 2.75) is 12.8 Å². The lowest BCUT2D eigenvalue weighted by Crippen LogP contribution is -2.03. The van der Waals surface area contributed by atoms with Gasteiger partial charge in [0.1, 0.15) is 0 Å². The molecule has 1 aliphatic carbocycles. The summed E-state index contributed by atoms with van der Waals surface area (Å²) in [6, 6.07) is 19.3. The fraction of sp³-hybridized carbons (Fsp3) is 0.111. The first kappa shape index (κ1) is 12.0. The van der Waals surface area contributed by atoms with E-state index >= 15 is 0 Å². The van der Waals surface area contributed by atoms with E-state index in [9.17, 15) is 0 Å². The number of para-hydroxylation sites is 2. The molecular formula is C18H14BrN. The fourth-order valence-corrected chi connectivity index (χ4v) is 3.78. The summed E-state index contributed by atoms with van der Waals surface area (Å²) in [4.78, 5) is 0. The Morgan fingerprint density at radius 2 is 1.65 bits per heavy atom. The van der Waals surface area contributed by atoms with Gasteiger partial charge in [-0.25, -0.2) is 0 Å². The predicted octanol–water partition coefficient (Wildman–Crippen LogP) is 5.31. The van der Waals surface area contributed by atoms with Crippen LogP contribution in [-0.2, 0) is 6.42 Å². The van der Waals surface area contributed by atoms with Crippen LogP contribution in [0.1, 0.15) is 17.7 Å². The summed E-state index contributed by atoms with van der Waals surface area (Å²) in [5.41, 5.74) is 5.30. The number of fused-ring (bicyclic) bond motifs is 3. The fourth-order valence-electron chi connectivity index (χ4n) is 3.11. The molecule has 0 saturated heterocycles. The van der Waals surface area contributed by atoms with Crippen molar-refractivity contribution in [2.24, 2.45) is 0 Å². The lowest BCUT2D eigenvalue weighted by atomic mass is 10.0. The zero-order valence-electron chi connectivity index (χ0n) is 11.0. The Morgan fingerprint density at radius 1 is 0.900 bits per heavy atom. The van der Waals surface area contributed by atoms with E-state index in [1.54, 1.807) is 0 Å². The molecule has 1 aromatic heterocycles. The number of hydrogen-bond acceptors (Lipinski definition) is 0. The summed E-state index contributed by atoms with van der Waals surface area (Å²) >= 11 is 3.74. The highest BCUT2D eigenvalue weighted by atomic mass is 79.9. The molecule has 1 nitrogen and oxygen atoms in total. The highest BCUT2D eigenvalue weighted by molar-refractivity contribution is 9.15. The van der Waals surface area contributed by atoms with Crippen molar-refractivity contribution in [3.05, 3.63) is 71.9 Å². The molecule has 1 heterocycles. The Labute approximate surface area is 126 Å². The number of aromatic nitrogens is 1. The molecular weight excluding hydrogens is 310 g/mol. The molecule has 0 N–H and O–H groups in total. The van der Waals surface area contributed by atoms with Gasteiger partial charge in [-0.05, 0) is 31.0 Å². The average molecular weight is 324 g/mol. The molecule has 0 spiro atoms. The lowest BCUT2D eigenvalue weighted by molar-refractivity contribution is 0.887. The number of rotatable bonds is 1. The Morgan fingerprint density at radius 3 is 2.50 bits per heavy atom. The monoisotopic (exact) mass is 323 g/mol. The van der Waals surface area contributed by atoms with E-state index in [0.29, 0.717) is 0 Å². The highest BCUT2D eigenvalue weighted by Gasteiger charge is 2.21. The van der Waals surface area contributed by atoms with Crippen LogP contribution in [0.2, 0.25) is 0 Å². The summed E-state index contributed by atoms with van der Waals surface area (Å²) in [5, 5.41) is 1.33. The van der Waals surface area contributed by atoms with E-state index in [1.807, 2.05) is 0 Å². The van der Waals surface area contributed by atoms with Crippen LogP contribution >= 0.6 is 15.9 Å². The zero-order valence-corrected chi connectivity index (χ0v) is 12.6. The highest BCUT2D eigenvalue weighted by Crippen LogP contribution is 2.39. The van der Waals surface area contributed by atoms with Gasteiger partial charge in [0, 0.05) is 26.8 Å². The minimum absolute atomic E-state index is 1.09. The van der Waals surface area contributed by atoms with E-state index in [-0.39, 0.29) is 0 Å². The Bertz CT molecular complexity index is 812. The van der Waals surface area contributed by atoms with Gasteiger partial charge in [0.2, 0.25) is 0 Å². The first-order valence-electron chi connectivity index (χ1n) is 6.90. The Balaban J connectivity index is 2.14. The van der Waals surface area contributed by atoms with Gasteiger partial charge in [-0.3, -0.25) is 0 Å². The molecule has 2 heteroatoms. The maximum Gasteiger partial charge on any atom is 0.0538 e. The van der Waals surface area contributed by atoms with Gasteiger partial charge in [0.15, 0.2) is 0 Å². The third kappa shape index (κ3) is 1.68. The van der Waals surface area contributed by atoms with Crippen molar-refractivity contribution < 1.29 is 0 Å². The summed E-state index contributed by atoms with van der Waals surface area (Å²) < 4.78 is 3.63. The zero-order chi connectivity index (χ0) is 13.5. The van der Waals surface area contributed by atoms with Crippen molar-refractivity contribution in [3.8, 4) is 5.69 Å². The van der Waals surface area contributed by atoms with Crippen molar-refractivity contribution in [3.63, 3.8) is 0 Å². The van der Waals surface area contributed by atoms with Crippen LogP contribution in [0.3, 0.4) is 0 Å². The summed E-state index contributed by atoms with van der Waals surface area (Å²) in [5.74, 6) is 0. The Kier molecular flexibility index (Phi) is 2.78. The molecule has 4 rings (SSSR count). The molecule has 98 valence electrons. The van der Waals surface area contributed by atoms with E-state index in [4.69, 9.17) is 0 Å². The van der Waals surface area contributed by atoms with Crippen molar-refractivity contribution in [2.75, 3.05) is 0 Å². The second-order valence-electron chi connectivity index (χ2n) is 5.10. The van der Waals surface area contributed by atoms with Gasteiger partial charge >= 0.3 is 0 Å². The second kappa shape index (κ2) is 4.64. The maximum atomic E-state index is 3.74. The van der Waals surface area contributed by atoms with E-state index < -0.39 is 0 Å². The van der Waals surface area contributed by atoms with E-state index in [1.165, 1.54) is 32.3 Å². The summed E-state index contributed by atoms with van der Waals surface area (Å²) in [7, 11) is 0. The molecule has 0 fully saturated rings. The SMILES string of the molecule is BrC1=CCCc2c1c1ccccc1n2-c1ccccc1. The van der Waals surface area contributed by atoms with Crippen LogP contribution < -0.4 is 0 Å². The topological polar surface area (TPSA) is 4.93 Å². The van der Waals surface area contributed by atoms with Crippen LogP contribution in [0, 0.1) is 0 Å². The molecule has 0 saturated carbocycles. The molecule has 0 amide bonds. The van der Waals surface area contributed by atoms with Crippen LogP contribution in [0.25, 0.3) is 21.1 Å². The maximum absolute atomic E-state index is 3.74. The van der Waals surface area contributed by atoms with Crippen molar-refractivity contribution in [1.82, 2.24) is 4.57 Å². The van der Waals surface area contributed by atoms with Gasteiger partial charge in [-0.2, -0.15) is 0 Å². The van der Waals surface area contributed by atoms with Gasteiger partial charge in [-0.1, -0.05) is 58.4 Å². The predicted molar refractivity (Wildman–Crippen MR) is 88.5 cm³/mol. The second-order valence-corrected chi connectivity index (χ2v) is 5.95. The molecule has 2 aromatic carbocycles. The first-order chi connectivity index (χ1) is 9.86. The molecule has 20 heavy (non-hydrogen) atoms. The minimum atomic E-state index is 1.09. The Hall–Kier alpha value is -1.80. The molecule has 0 aliphatic heterocycles. The molecule has 0 unspecified atom stereocenters. The molecule has 3 aromatic rings.